The van der Waals surface area contributed by atoms with Crippen molar-refractivity contribution < 1.29 is 14.7 Å². The highest BCUT2D eigenvalue weighted by Crippen LogP contribution is 2.44. The first-order valence-corrected chi connectivity index (χ1v) is 6.94. The zero-order chi connectivity index (χ0) is 15.0. The number of rotatable bonds is 10. The first-order valence-electron chi connectivity index (χ1n) is 6.94. The topological polar surface area (TPSA) is 69.6 Å². The van der Waals surface area contributed by atoms with Gasteiger partial charge in [0.25, 0.3) is 0 Å². The number of carbonyl (C=O) groups is 2. The van der Waals surface area contributed by atoms with Crippen molar-refractivity contribution >= 4 is 11.8 Å². The van der Waals surface area contributed by atoms with Crippen molar-refractivity contribution in [1.29, 1.82) is 0 Å². The number of aliphatic hydroxyl groups excluding tert-OH is 1. The van der Waals surface area contributed by atoms with Crippen molar-refractivity contribution in [1.82, 2.24) is 10.2 Å². The maximum absolute atomic E-state index is 11.9. The molecule has 0 bridgehead atoms. The molecule has 0 saturated heterocycles. The molecule has 0 aromatic carbocycles. The fourth-order valence-electron chi connectivity index (χ4n) is 1.91. The fraction of sp³-hybridized carbons (Fsp3) is 0.600. The number of hydrogen-bond donors (Lipinski definition) is 2. The number of nitrogens with one attached hydrogen (secondary N) is 1. The molecule has 5 heteroatoms. The van der Waals surface area contributed by atoms with Crippen LogP contribution in [0.25, 0.3) is 0 Å². The van der Waals surface area contributed by atoms with Gasteiger partial charge in [-0.15, -0.1) is 13.2 Å². The van der Waals surface area contributed by atoms with E-state index >= 15 is 0 Å². The second-order valence-electron chi connectivity index (χ2n) is 5.31. The molecule has 0 aliphatic heterocycles. The van der Waals surface area contributed by atoms with Crippen molar-refractivity contribution in [3.63, 3.8) is 0 Å². The van der Waals surface area contributed by atoms with Gasteiger partial charge in [0, 0.05) is 37.9 Å². The molecule has 20 heavy (non-hydrogen) atoms. The Morgan fingerprint density at radius 2 is 1.80 bits per heavy atom. The summed E-state index contributed by atoms with van der Waals surface area (Å²) in [5, 5.41) is 11.9. The number of nitrogens with zero attached hydrogens (tertiary/aromatic N) is 1. The van der Waals surface area contributed by atoms with Crippen molar-refractivity contribution in [2.24, 2.45) is 5.41 Å². The molecule has 0 aromatic heterocycles. The average Bonchev–Trinajstić information content (AvgIpc) is 3.23. The van der Waals surface area contributed by atoms with Gasteiger partial charge < -0.3 is 15.3 Å². The van der Waals surface area contributed by atoms with Crippen LogP contribution >= 0.6 is 0 Å². The first-order chi connectivity index (χ1) is 9.56. The molecule has 0 radical (unpaired) electrons. The molecule has 2 amide bonds. The van der Waals surface area contributed by atoms with Crippen LogP contribution in [0.5, 0.6) is 0 Å². The lowest BCUT2D eigenvalue weighted by Gasteiger charge is -2.19. The second-order valence-corrected chi connectivity index (χ2v) is 5.31. The molecular formula is C15H24N2O3. The summed E-state index contributed by atoms with van der Waals surface area (Å²) >= 11 is 0. The minimum atomic E-state index is -0.143. The lowest BCUT2D eigenvalue weighted by molar-refractivity contribution is -0.132. The van der Waals surface area contributed by atoms with Crippen molar-refractivity contribution in [3.05, 3.63) is 25.3 Å². The van der Waals surface area contributed by atoms with Gasteiger partial charge in [-0.3, -0.25) is 9.59 Å². The Labute approximate surface area is 120 Å². The third kappa shape index (κ3) is 5.17. The lowest BCUT2D eigenvalue weighted by Crippen LogP contribution is -2.34. The zero-order valence-electron chi connectivity index (χ0n) is 11.9. The molecule has 1 fully saturated rings. The van der Waals surface area contributed by atoms with Gasteiger partial charge >= 0.3 is 0 Å². The van der Waals surface area contributed by atoms with Gasteiger partial charge in [-0.2, -0.15) is 0 Å². The summed E-state index contributed by atoms with van der Waals surface area (Å²) in [7, 11) is 0. The predicted molar refractivity (Wildman–Crippen MR) is 78.0 cm³/mol. The van der Waals surface area contributed by atoms with E-state index in [-0.39, 0.29) is 36.7 Å². The molecule has 0 spiro atoms. The van der Waals surface area contributed by atoms with E-state index < -0.39 is 0 Å². The van der Waals surface area contributed by atoms with Gasteiger partial charge in [0.1, 0.15) is 0 Å². The smallest absolute Gasteiger partial charge is 0.223 e. The zero-order valence-corrected chi connectivity index (χ0v) is 11.9. The van der Waals surface area contributed by atoms with E-state index in [4.69, 9.17) is 5.11 Å². The lowest BCUT2D eigenvalue weighted by atomic mass is 10.1. The molecule has 1 aliphatic carbocycles. The number of hydrogen-bond acceptors (Lipinski definition) is 3. The Morgan fingerprint density at radius 3 is 2.25 bits per heavy atom. The minimum Gasteiger partial charge on any atom is -0.396 e. The average molecular weight is 280 g/mol. The molecule has 2 N–H and O–H groups in total. The second kappa shape index (κ2) is 7.85. The summed E-state index contributed by atoms with van der Waals surface area (Å²) in [5.74, 6) is -0.224. The summed E-state index contributed by atoms with van der Waals surface area (Å²) < 4.78 is 0. The molecular weight excluding hydrogens is 256 g/mol. The molecule has 5 nitrogen and oxygen atoms in total. The van der Waals surface area contributed by atoms with Gasteiger partial charge in [0.2, 0.25) is 11.8 Å². The summed E-state index contributed by atoms with van der Waals surface area (Å²) in [6.07, 6.45) is 5.56. The molecule has 0 atom stereocenters. The monoisotopic (exact) mass is 280 g/mol. The van der Waals surface area contributed by atoms with Crippen LogP contribution in [0.1, 0.15) is 25.7 Å². The highest BCUT2D eigenvalue weighted by molar-refractivity contribution is 5.83. The van der Waals surface area contributed by atoms with E-state index in [1.807, 2.05) is 0 Å². The minimum absolute atomic E-state index is 0.0803. The van der Waals surface area contributed by atoms with Crippen LogP contribution in [0.4, 0.5) is 0 Å². The van der Waals surface area contributed by atoms with E-state index in [0.717, 1.165) is 12.8 Å². The highest BCUT2D eigenvalue weighted by Gasteiger charge is 2.41. The van der Waals surface area contributed by atoms with Gasteiger partial charge in [-0.25, -0.2) is 0 Å². The largest absolute Gasteiger partial charge is 0.396 e. The fourth-order valence-corrected chi connectivity index (χ4v) is 1.91. The van der Waals surface area contributed by atoms with Gasteiger partial charge in [0.15, 0.2) is 0 Å². The quantitative estimate of drug-likeness (QED) is 0.583. The van der Waals surface area contributed by atoms with E-state index in [9.17, 15) is 9.59 Å². The Bertz CT molecular complexity index is 365. The standard InChI is InChI=1S/C15H24N2O3/c1-3-9-17(10-4-2)14(20)6-5-13(19)16-11-15(12-18)7-8-15/h3-4,18H,1-2,5-12H2,(H,16,19). The van der Waals surface area contributed by atoms with Crippen LogP contribution < -0.4 is 5.32 Å². The van der Waals surface area contributed by atoms with E-state index in [0.29, 0.717) is 19.6 Å². The molecule has 0 unspecified atom stereocenters. The Kier molecular flexibility index (Phi) is 6.45. The van der Waals surface area contributed by atoms with Crippen molar-refractivity contribution in [2.45, 2.75) is 25.7 Å². The van der Waals surface area contributed by atoms with Crippen LogP contribution in [-0.4, -0.2) is 48.1 Å². The van der Waals surface area contributed by atoms with Crippen LogP contribution in [0.3, 0.4) is 0 Å². The third-order valence-electron chi connectivity index (χ3n) is 3.57. The third-order valence-corrected chi connectivity index (χ3v) is 3.57. The Hall–Kier alpha value is -1.62. The van der Waals surface area contributed by atoms with E-state index in [1.165, 1.54) is 0 Å². The SMILES string of the molecule is C=CCN(CC=C)C(=O)CCC(=O)NCC1(CO)CC1. The normalized spacial score (nSPS) is 15.2. The maximum atomic E-state index is 11.9. The number of aliphatic hydroxyl groups is 1. The Morgan fingerprint density at radius 1 is 1.20 bits per heavy atom. The van der Waals surface area contributed by atoms with Crippen molar-refractivity contribution in [2.75, 3.05) is 26.2 Å². The van der Waals surface area contributed by atoms with Gasteiger partial charge in [-0.1, -0.05) is 12.2 Å². The van der Waals surface area contributed by atoms with Crippen LogP contribution in [-0.2, 0) is 9.59 Å². The molecule has 1 saturated carbocycles. The summed E-state index contributed by atoms with van der Waals surface area (Å²) in [6.45, 7) is 8.73. The summed E-state index contributed by atoms with van der Waals surface area (Å²) in [4.78, 5) is 25.2. The number of carbonyl (C=O) groups excluding carboxylic acids is 2. The maximum Gasteiger partial charge on any atom is 0.223 e. The van der Waals surface area contributed by atoms with Crippen LogP contribution in [0.2, 0.25) is 0 Å². The van der Waals surface area contributed by atoms with Crippen LogP contribution in [0.15, 0.2) is 25.3 Å². The summed E-state index contributed by atoms with van der Waals surface area (Å²) in [6, 6.07) is 0. The van der Waals surface area contributed by atoms with E-state index in [2.05, 4.69) is 18.5 Å². The molecule has 0 aromatic rings. The predicted octanol–water partition coefficient (Wildman–Crippen LogP) is 0.856. The summed E-state index contributed by atoms with van der Waals surface area (Å²) in [5.41, 5.74) is -0.0998. The Balaban J connectivity index is 2.26. The molecule has 0 heterocycles. The van der Waals surface area contributed by atoms with Gasteiger partial charge in [0.05, 0.1) is 6.61 Å². The highest BCUT2D eigenvalue weighted by atomic mass is 16.3. The molecule has 1 aliphatic rings. The number of amides is 2. The van der Waals surface area contributed by atoms with Crippen LogP contribution in [0, 0.1) is 5.41 Å². The molecule has 1 rings (SSSR count). The first kappa shape index (κ1) is 16.4. The molecule has 112 valence electrons. The van der Waals surface area contributed by atoms with Crippen molar-refractivity contribution in [3.8, 4) is 0 Å². The van der Waals surface area contributed by atoms with E-state index in [1.54, 1.807) is 17.1 Å². The van der Waals surface area contributed by atoms with Gasteiger partial charge in [-0.05, 0) is 12.8 Å².